The quantitative estimate of drug-likeness (QED) is 0.891. The Morgan fingerprint density at radius 1 is 1.35 bits per heavy atom. The van der Waals surface area contributed by atoms with Crippen LogP contribution in [0.15, 0.2) is 17.2 Å². The Bertz CT molecular complexity index is 801. The zero-order valence-electron chi connectivity index (χ0n) is 13.6. The number of amides is 3. The highest BCUT2D eigenvalue weighted by atomic mass is 32.1. The third-order valence-electron chi connectivity index (χ3n) is 2.97. The van der Waals surface area contributed by atoms with Crippen LogP contribution in [0.25, 0.3) is 10.2 Å². The Morgan fingerprint density at radius 2 is 2.04 bits per heavy atom. The summed E-state index contributed by atoms with van der Waals surface area (Å²) in [6.07, 6.45) is 2.16. The van der Waals surface area contributed by atoms with E-state index in [2.05, 4.69) is 15.6 Å². The first kappa shape index (κ1) is 17.1. The van der Waals surface area contributed by atoms with Crippen LogP contribution in [0.4, 0.5) is 4.79 Å². The minimum atomic E-state index is -0.589. The van der Waals surface area contributed by atoms with Gasteiger partial charge in [0, 0.05) is 10.4 Å². The van der Waals surface area contributed by atoms with E-state index in [9.17, 15) is 14.4 Å². The second kappa shape index (κ2) is 6.49. The third-order valence-corrected chi connectivity index (χ3v) is 4.16. The molecule has 0 aromatic carbocycles. The van der Waals surface area contributed by atoms with Gasteiger partial charge in [-0.1, -0.05) is 6.92 Å². The van der Waals surface area contributed by atoms with Gasteiger partial charge in [0.15, 0.2) is 0 Å². The molecule has 0 aliphatic carbocycles. The fourth-order valence-electron chi connectivity index (χ4n) is 1.99. The van der Waals surface area contributed by atoms with Gasteiger partial charge in [0.1, 0.15) is 11.4 Å². The largest absolute Gasteiger partial charge is 0.333 e. The normalized spacial score (nSPS) is 11.5. The summed E-state index contributed by atoms with van der Waals surface area (Å²) < 4.78 is 1.20. The molecule has 0 saturated carbocycles. The monoisotopic (exact) mass is 336 g/mol. The molecule has 8 heteroatoms. The average Bonchev–Trinajstić information content (AvgIpc) is 2.83. The summed E-state index contributed by atoms with van der Waals surface area (Å²) in [5.74, 6) is -0.569. The molecule has 2 rings (SSSR count). The van der Waals surface area contributed by atoms with Crippen molar-refractivity contribution >= 4 is 33.5 Å². The number of aryl methyl sites for hydroxylation is 1. The zero-order chi connectivity index (χ0) is 17.2. The minimum Gasteiger partial charge on any atom is -0.333 e. The zero-order valence-corrected chi connectivity index (χ0v) is 14.4. The number of carbonyl (C=O) groups is 2. The van der Waals surface area contributed by atoms with Crippen LogP contribution in [0.5, 0.6) is 0 Å². The van der Waals surface area contributed by atoms with E-state index in [0.29, 0.717) is 10.2 Å². The molecule has 2 heterocycles. The summed E-state index contributed by atoms with van der Waals surface area (Å²) in [4.78, 5) is 41.8. The number of thiophene rings is 1. The van der Waals surface area contributed by atoms with E-state index in [4.69, 9.17) is 0 Å². The molecule has 23 heavy (non-hydrogen) atoms. The van der Waals surface area contributed by atoms with Crippen molar-refractivity contribution < 1.29 is 9.59 Å². The Hall–Kier alpha value is -2.22. The predicted octanol–water partition coefficient (Wildman–Crippen LogP) is 1.64. The van der Waals surface area contributed by atoms with Gasteiger partial charge in [0.2, 0.25) is 5.91 Å². The SMILES string of the molecule is CCc1cc2c(=O)n(CC(=O)NC(=O)NC(C)(C)C)cnc2s1. The molecular formula is C15H20N4O3S. The lowest BCUT2D eigenvalue weighted by Gasteiger charge is -2.20. The Kier molecular flexibility index (Phi) is 4.84. The highest BCUT2D eigenvalue weighted by Crippen LogP contribution is 2.20. The number of fused-ring (bicyclic) bond motifs is 1. The van der Waals surface area contributed by atoms with Crippen LogP contribution in [0.3, 0.4) is 0 Å². The van der Waals surface area contributed by atoms with E-state index in [-0.39, 0.29) is 12.1 Å². The molecule has 0 fully saturated rings. The van der Waals surface area contributed by atoms with Crippen LogP contribution in [0.2, 0.25) is 0 Å². The molecule has 0 spiro atoms. The molecule has 0 saturated heterocycles. The van der Waals surface area contributed by atoms with Crippen LogP contribution in [0.1, 0.15) is 32.6 Å². The van der Waals surface area contributed by atoms with Crippen molar-refractivity contribution in [1.29, 1.82) is 0 Å². The summed E-state index contributed by atoms with van der Waals surface area (Å²) in [5.41, 5.74) is -0.730. The Labute approximate surface area is 137 Å². The average molecular weight is 336 g/mol. The maximum Gasteiger partial charge on any atom is 0.321 e. The smallest absolute Gasteiger partial charge is 0.321 e. The lowest BCUT2D eigenvalue weighted by molar-refractivity contribution is -0.120. The van der Waals surface area contributed by atoms with Gasteiger partial charge in [-0.2, -0.15) is 0 Å². The molecule has 0 bridgehead atoms. The van der Waals surface area contributed by atoms with Gasteiger partial charge in [-0.05, 0) is 33.3 Å². The lowest BCUT2D eigenvalue weighted by atomic mass is 10.1. The van der Waals surface area contributed by atoms with E-state index in [1.165, 1.54) is 22.2 Å². The van der Waals surface area contributed by atoms with E-state index in [1.54, 1.807) is 26.8 Å². The van der Waals surface area contributed by atoms with Crippen molar-refractivity contribution in [2.24, 2.45) is 0 Å². The van der Waals surface area contributed by atoms with Crippen molar-refractivity contribution in [1.82, 2.24) is 20.2 Å². The molecular weight excluding hydrogens is 316 g/mol. The molecule has 124 valence electrons. The molecule has 0 aliphatic rings. The lowest BCUT2D eigenvalue weighted by Crippen LogP contribution is -2.49. The second-order valence-electron chi connectivity index (χ2n) is 6.22. The molecule has 0 radical (unpaired) electrons. The standard InChI is InChI=1S/C15H20N4O3S/c1-5-9-6-10-12(23-9)16-8-19(13(10)21)7-11(20)17-14(22)18-15(2,3)4/h6,8H,5,7H2,1-4H3,(H2,17,18,20,22). The van der Waals surface area contributed by atoms with E-state index < -0.39 is 17.5 Å². The van der Waals surface area contributed by atoms with Gasteiger partial charge in [0.25, 0.3) is 5.56 Å². The third kappa shape index (κ3) is 4.38. The Balaban J connectivity index is 2.12. The fourth-order valence-corrected chi connectivity index (χ4v) is 2.91. The first-order chi connectivity index (χ1) is 10.7. The molecule has 3 amide bonds. The van der Waals surface area contributed by atoms with Crippen molar-refractivity contribution in [3.05, 3.63) is 27.6 Å². The van der Waals surface area contributed by atoms with E-state index in [1.807, 2.05) is 6.92 Å². The number of imide groups is 1. The van der Waals surface area contributed by atoms with Crippen LogP contribution < -0.4 is 16.2 Å². The second-order valence-corrected chi connectivity index (χ2v) is 7.33. The summed E-state index contributed by atoms with van der Waals surface area (Å²) >= 11 is 1.47. The van der Waals surface area contributed by atoms with Gasteiger partial charge in [-0.3, -0.25) is 19.5 Å². The number of hydrogen-bond acceptors (Lipinski definition) is 5. The summed E-state index contributed by atoms with van der Waals surface area (Å²) in [5, 5.41) is 5.32. The van der Waals surface area contributed by atoms with Crippen LogP contribution in [-0.4, -0.2) is 27.0 Å². The first-order valence-corrected chi connectivity index (χ1v) is 8.11. The molecule has 0 aliphatic heterocycles. The predicted molar refractivity (Wildman–Crippen MR) is 89.7 cm³/mol. The molecule has 2 N–H and O–H groups in total. The summed E-state index contributed by atoms with van der Waals surface area (Å²) in [7, 11) is 0. The van der Waals surface area contributed by atoms with Crippen LogP contribution in [0, 0.1) is 0 Å². The van der Waals surface area contributed by atoms with Gasteiger partial charge >= 0.3 is 6.03 Å². The van der Waals surface area contributed by atoms with Crippen molar-refractivity contribution in [2.75, 3.05) is 0 Å². The summed E-state index contributed by atoms with van der Waals surface area (Å²) in [6, 6.07) is 1.21. The number of hydrogen-bond donors (Lipinski definition) is 2. The van der Waals surface area contributed by atoms with Crippen LogP contribution >= 0.6 is 11.3 Å². The number of rotatable bonds is 3. The number of nitrogens with one attached hydrogen (secondary N) is 2. The van der Waals surface area contributed by atoms with E-state index >= 15 is 0 Å². The first-order valence-electron chi connectivity index (χ1n) is 7.29. The van der Waals surface area contributed by atoms with Gasteiger partial charge in [-0.15, -0.1) is 11.3 Å². The maximum absolute atomic E-state index is 12.4. The number of urea groups is 1. The Morgan fingerprint density at radius 3 is 2.65 bits per heavy atom. The van der Waals surface area contributed by atoms with Gasteiger partial charge in [0.05, 0.1) is 11.7 Å². The molecule has 0 unspecified atom stereocenters. The fraction of sp³-hybridized carbons (Fsp3) is 0.467. The van der Waals surface area contributed by atoms with E-state index in [0.717, 1.165) is 11.3 Å². The van der Waals surface area contributed by atoms with Crippen LogP contribution in [-0.2, 0) is 17.8 Å². The molecule has 2 aromatic heterocycles. The van der Waals surface area contributed by atoms with Crippen molar-refractivity contribution in [2.45, 2.75) is 46.2 Å². The highest BCUT2D eigenvalue weighted by molar-refractivity contribution is 7.18. The van der Waals surface area contributed by atoms with Gasteiger partial charge in [-0.25, -0.2) is 9.78 Å². The van der Waals surface area contributed by atoms with Crippen molar-refractivity contribution in [3.8, 4) is 0 Å². The topological polar surface area (TPSA) is 93.1 Å². The number of aromatic nitrogens is 2. The van der Waals surface area contributed by atoms with Crippen molar-refractivity contribution in [3.63, 3.8) is 0 Å². The maximum atomic E-state index is 12.4. The summed E-state index contributed by atoms with van der Waals surface area (Å²) in [6.45, 7) is 7.17. The molecule has 2 aromatic rings. The van der Waals surface area contributed by atoms with Gasteiger partial charge < -0.3 is 5.32 Å². The number of carbonyl (C=O) groups excluding carboxylic acids is 2. The molecule has 0 atom stereocenters. The minimum absolute atomic E-state index is 0.253. The highest BCUT2D eigenvalue weighted by Gasteiger charge is 2.16. The molecule has 7 nitrogen and oxygen atoms in total. The number of nitrogens with zero attached hydrogens (tertiary/aromatic N) is 2.